The minimum absolute atomic E-state index is 0.00171. The zero-order valence-electron chi connectivity index (χ0n) is 30.9. The van der Waals surface area contributed by atoms with Gasteiger partial charge in [0.1, 0.15) is 16.4 Å². The number of amides is 2. The summed E-state index contributed by atoms with van der Waals surface area (Å²) in [4.78, 5) is 46.0. The average Bonchev–Trinajstić information content (AvgIpc) is 3.88. The van der Waals surface area contributed by atoms with Gasteiger partial charge in [-0.05, 0) is 62.7 Å². The van der Waals surface area contributed by atoms with Gasteiger partial charge in [-0.2, -0.15) is 31.6 Å². The van der Waals surface area contributed by atoms with Gasteiger partial charge in [-0.15, -0.1) is 11.3 Å². The van der Waals surface area contributed by atoms with E-state index in [2.05, 4.69) is 11.1 Å². The van der Waals surface area contributed by atoms with Crippen LogP contribution in [0.2, 0.25) is 0 Å². The molecule has 2 amide bonds. The molecule has 4 heterocycles. The van der Waals surface area contributed by atoms with Crippen LogP contribution in [0, 0.1) is 17.2 Å². The number of rotatable bonds is 10. The Kier molecular flexibility index (Phi) is 11.9. The summed E-state index contributed by atoms with van der Waals surface area (Å²) in [5.41, 5.74) is -3.70. The van der Waals surface area contributed by atoms with Gasteiger partial charge in [-0.1, -0.05) is 31.5 Å². The second-order valence-electron chi connectivity index (χ2n) is 14.6. The average molecular weight is 819 g/mol. The largest absolute Gasteiger partial charge is 0.481 e. The summed E-state index contributed by atoms with van der Waals surface area (Å²) in [7, 11) is 0. The number of pyridine rings is 1. The van der Waals surface area contributed by atoms with E-state index in [-0.39, 0.29) is 57.5 Å². The van der Waals surface area contributed by atoms with Gasteiger partial charge < -0.3 is 24.4 Å². The van der Waals surface area contributed by atoms with Gasteiger partial charge in [0.05, 0.1) is 40.8 Å². The van der Waals surface area contributed by atoms with E-state index < -0.39 is 69.1 Å². The number of aliphatic carboxylic acids is 1. The first-order valence-electron chi connectivity index (χ1n) is 18.6. The van der Waals surface area contributed by atoms with Crippen molar-refractivity contribution in [2.24, 2.45) is 5.92 Å². The Hall–Kier alpha value is -5.11. The van der Waals surface area contributed by atoms with Crippen LogP contribution in [0.15, 0.2) is 66.0 Å². The number of halogens is 6. The van der Waals surface area contributed by atoms with Crippen LogP contribution in [0.3, 0.4) is 0 Å². The fourth-order valence-corrected chi connectivity index (χ4v) is 8.89. The number of likely N-dealkylation sites (tertiary alicyclic amines) is 2. The Morgan fingerprint density at radius 2 is 1.81 bits per heavy atom. The van der Waals surface area contributed by atoms with Gasteiger partial charge in [0.2, 0.25) is 5.60 Å². The topological polar surface area (TPSA) is 133 Å². The molecule has 1 N–H and O–H groups in total. The summed E-state index contributed by atoms with van der Waals surface area (Å²) in [6.07, 6.45) is -4.31. The first kappa shape index (κ1) is 41.5. The molecule has 3 aromatic rings. The van der Waals surface area contributed by atoms with Crippen molar-refractivity contribution in [3.63, 3.8) is 0 Å². The highest BCUT2D eigenvalue weighted by molar-refractivity contribution is 7.10. The molecule has 3 atom stereocenters. The highest BCUT2D eigenvalue weighted by Crippen LogP contribution is 2.45. The molecule has 304 valence electrons. The number of hydrogen-bond acceptors (Lipinski definition) is 8. The van der Waals surface area contributed by atoms with Crippen LogP contribution < -0.4 is 9.47 Å². The van der Waals surface area contributed by atoms with E-state index in [1.807, 2.05) is 0 Å². The summed E-state index contributed by atoms with van der Waals surface area (Å²) in [6.45, 7) is 1.70. The van der Waals surface area contributed by atoms with Crippen molar-refractivity contribution in [2.75, 3.05) is 19.6 Å². The lowest BCUT2D eigenvalue weighted by Gasteiger charge is -2.51. The fraction of sp³-hybridized carbons (Fsp3) is 0.475. The molecule has 3 fully saturated rings. The van der Waals surface area contributed by atoms with Crippen molar-refractivity contribution in [3.05, 3.63) is 87.6 Å². The minimum Gasteiger partial charge on any atom is -0.481 e. The van der Waals surface area contributed by atoms with Crippen LogP contribution in [-0.4, -0.2) is 69.0 Å². The number of para-hydroxylation sites is 1. The van der Waals surface area contributed by atoms with Crippen LogP contribution in [0.25, 0.3) is 0 Å². The highest BCUT2D eigenvalue weighted by Gasteiger charge is 2.57. The number of allylic oxidation sites excluding steroid dienone is 1. The molecular weight excluding hydrogens is 779 g/mol. The number of alkyl halides is 6. The maximum absolute atomic E-state index is 15.0. The predicted octanol–water partition coefficient (Wildman–Crippen LogP) is 8.63. The molecule has 2 aromatic heterocycles. The van der Waals surface area contributed by atoms with Gasteiger partial charge in [0, 0.05) is 55.5 Å². The molecule has 0 unspecified atom stereocenters. The minimum atomic E-state index is -4.90. The number of carbonyl (C=O) groups excluding carboxylic acids is 2. The van der Waals surface area contributed by atoms with E-state index in [0.717, 1.165) is 34.3 Å². The Labute approximate surface area is 328 Å². The van der Waals surface area contributed by atoms with E-state index in [9.17, 15) is 46.3 Å². The Balaban J connectivity index is 1.32. The van der Waals surface area contributed by atoms with Crippen molar-refractivity contribution in [3.8, 4) is 17.6 Å². The predicted molar refractivity (Wildman–Crippen MR) is 194 cm³/mol. The highest BCUT2D eigenvalue weighted by atomic mass is 32.1. The lowest BCUT2D eigenvalue weighted by Crippen LogP contribution is -2.68. The molecule has 10 nitrogen and oxygen atoms in total. The number of carboxylic acid groups (broad SMARTS) is 1. The van der Waals surface area contributed by atoms with E-state index in [1.54, 1.807) is 31.2 Å². The Morgan fingerprint density at radius 3 is 2.44 bits per heavy atom. The third kappa shape index (κ3) is 8.46. The number of nitrogens with zero attached hydrogens (tertiary/aromatic N) is 4. The second kappa shape index (κ2) is 16.4. The van der Waals surface area contributed by atoms with Crippen LogP contribution in [0.4, 0.5) is 26.3 Å². The number of benzene rings is 1. The second-order valence-corrected chi connectivity index (χ2v) is 15.5. The molecule has 57 heavy (non-hydrogen) atoms. The third-order valence-electron chi connectivity index (χ3n) is 11.1. The van der Waals surface area contributed by atoms with E-state index in [0.29, 0.717) is 54.4 Å². The lowest BCUT2D eigenvalue weighted by atomic mass is 9.72. The number of hydrogen-bond donors (Lipinski definition) is 1. The molecule has 0 spiro atoms. The summed E-state index contributed by atoms with van der Waals surface area (Å²) < 4.78 is 95.9. The number of carbonyl (C=O) groups is 3. The number of thiophene rings is 1. The van der Waals surface area contributed by atoms with Gasteiger partial charge >= 0.3 is 18.3 Å². The van der Waals surface area contributed by atoms with Crippen LogP contribution in [-0.2, 0) is 27.4 Å². The molecule has 1 aromatic carbocycles. The van der Waals surface area contributed by atoms with Crippen molar-refractivity contribution < 1.29 is 55.3 Å². The zero-order chi connectivity index (χ0) is 41.2. The SMILES string of the molecule is CCC[C@H]1N(C(=O)c2cnccc2C(F)(F)F)CCC[C@@]1(Oc1csc(C(F)(F)F)c1)C(=O)N1CCC(C#N)(c2ccccc2O/C=C2\CC[C@@H](C(=O)O)C2)CC1. The number of aromatic nitrogens is 1. The van der Waals surface area contributed by atoms with Crippen molar-refractivity contribution >= 4 is 29.1 Å². The molecule has 1 saturated carbocycles. The summed E-state index contributed by atoms with van der Waals surface area (Å²) in [6, 6.07) is 9.60. The monoisotopic (exact) mass is 818 g/mol. The molecule has 0 radical (unpaired) electrons. The van der Waals surface area contributed by atoms with Gasteiger partial charge in [-0.25, -0.2) is 0 Å². The van der Waals surface area contributed by atoms with Crippen LogP contribution in [0.1, 0.15) is 91.1 Å². The number of nitriles is 1. The number of carboxylic acids is 1. The summed E-state index contributed by atoms with van der Waals surface area (Å²) >= 11 is 0.362. The maximum atomic E-state index is 15.0. The smallest absolute Gasteiger partial charge is 0.425 e. The van der Waals surface area contributed by atoms with Crippen LogP contribution in [0.5, 0.6) is 11.5 Å². The molecular formula is C40H40F6N4O6S. The molecule has 0 bridgehead atoms. The molecule has 17 heteroatoms. The van der Waals surface area contributed by atoms with Crippen molar-refractivity contribution in [1.82, 2.24) is 14.8 Å². The van der Waals surface area contributed by atoms with Crippen LogP contribution >= 0.6 is 11.3 Å². The standard InChI is InChI=1S/C40H40F6N4O6S/c1-2-6-32-38(56-27-20-33(57-23-27)40(44,45)46,12-5-16-50(32)34(51)28-21-48-15-11-29(28)39(41,42)43)36(54)49-17-13-37(24-47,14-18-49)30-7-3-4-8-31(30)55-22-25-9-10-26(19-25)35(52)53/h3-4,7-8,11,15,20-23,26,32H,2,5-6,9-10,12-14,16-19H2,1H3,(H,52,53)/b25-22+/t26-,32-,38+/m1/s1. The zero-order valence-corrected chi connectivity index (χ0v) is 31.7. The lowest BCUT2D eigenvalue weighted by molar-refractivity contribution is -0.160. The van der Waals surface area contributed by atoms with Crippen molar-refractivity contribution in [2.45, 2.75) is 94.1 Å². The number of ether oxygens (including phenoxy) is 2. The normalized spacial score (nSPS) is 23.2. The van der Waals surface area contributed by atoms with Gasteiger partial charge in [-0.3, -0.25) is 19.4 Å². The quantitative estimate of drug-likeness (QED) is 0.159. The third-order valence-corrected chi connectivity index (χ3v) is 12.1. The summed E-state index contributed by atoms with van der Waals surface area (Å²) in [5.74, 6) is -2.96. The molecule has 6 rings (SSSR count). The first-order chi connectivity index (χ1) is 27.0. The van der Waals surface area contributed by atoms with E-state index >= 15 is 4.79 Å². The molecule has 1 aliphatic carbocycles. The van der Waals surface area contributed by atoms with Crippen molar-refractivity contribution in [1.29, 1.82) is 5.26 Å². The number of piperidine rings is 2. The molecule has 2 aliphatic heterocycles. The Morgan fingerprint density at radius 1 is 1.07 bits per heavy atom. The first-order valence-corrected chi connectivity index (χ1v) is 19.5. The summed E-state index contributed by atoms with van der Waals surface area (Å²) in [5, 5.41) is 21.1. The fourth-order valence-electron chi connectivity index (χ4n) is 8.21. The van der Waals surface area contributed by atoms with Gasteiger partial charge in [0.25, 0.3) is 11.8 Å². The Bertz CT molecular complexity index is 2050. The van der Waals surface area contributed by atoms with E-state index in [4.69, 9.17) is 9.47 Å². The maximum Gasteiger partial charge on any atom is 0.425 e. The molecule has 2 saturated heterocycles. The van der Waals surface area contributed by atoms with Gasteiger partial charge in [0.15, 0.2) is 0 Å². The molecule has 3 aliphatic rings. The van der Waals surface area contributed by atoms with E-state index in [1.165, 1.54) is 11.2 Å².